The molecule has 0 aliphatic carbocycles. The van der Waals surface area contributed by atoms with Gasteiger partial charge in [-0.3, -0.25) is 4.79 Å². The molecule has 0 atom stereocenters. The number of rotatable bonds is 4. The summed E-state index contributed by atoms with van der Waals surface area (Å²) >= 11 is 1.13. The molecule has 0 unspecified atom stereocenters. The van der Waals surface area contributed by atoms with E-state index in [1.807, 2.05) is 34.6 Å². The number of hydrogen-bond donors (Lipinski definition) is 3. The minimum Gasteiger partial charge on any atom is -0.504 e. The first-order valence-corrected chi connectivity index (χ1v) is 8.15. The summed E-state index contributed by atoms with van der Waals surface area (Å²) < 4.78 is 5.59. The number of amides is 1. The summed E-state index contributed by atoms with van der Waals surface area (Å²) in [5.74, 6) is -0.987. The standard InChI is InChI=1S/C15H21N5O3S/c1-7(2)20-6-8(21)10(14(20)23)17-18-13-9(12(16)22)11(24-19-13)15(3,4)5/h6-7,21,23H,1-5H3,(H2,16,22). The number of aromatic hydroxyl groups is 2. The van der Waals surface area contributed by atoms with Crippen molar-refractivity contribution in [2.45, 2.75) is 46.1 Å². The number of azo groups is 1. The summed E-state index contributed by atoms with van der Waals surface area (Å²) in [6.45, 7) is 9.51. The molecule has 1 amide bonds. The van der Waals surface area contributed by atoms with E-state index >= 15 is 0 Å². The monoisotopic (exact) mass is 351 g/mol. The van der Waals surface area contributed by atoms with Crippen molar-refractivity contribution < 1.29 is 15.0 Å². The van der Waals surface area contributed by atoms with Gasteiger partial charge in [-0.05, 0) is 30.8 Å². The highest BCUT2D eigenvalue weighted by molar-refractivity contribution is 7.06. The second-order valence-corrected chi connectivity index (χ2v) is 7.49. The number of primary amides is 1. The Morgan fingerprint density at radius 1 is 1.33 bits per heavy atom. The van der Waals surface area contributed by atoms with Crippen LogP contribution in [0.1, 0.15) is 55.9 Å². The lowest BCUT2D eigenvalue weighted by atomic mass is 9.91. The van der Waals surface area contributed by atoms with Gasteiger partial charge in [0.15, 0.2) is 11.4 Å². The Morgan fingerprint density at radius 2 is 1.96 bits per heavy atom. The van der Waals surface area contributed by atoms with Gasteiger partial charge in [0.25, 0.3) is 5.91 Å². The van der Waals surface area contributed by atoms with Crippen molar-refractivity contribution in [1.29, 1.82) is 0 Å². The predicted octanol–water partition coefficient (Wildman–Crippen LogP) is 3.75. The Kier molecular flexibility index (Phi) is 4.66. The van der Waals surface area contributed by atoms with Crippen molar-refractivity contribution in [2.75, 3.05) is 0 Å². The maximum absolute atomic E-state index is 11.8. The summed E-state index contributed by atoms with van der Waals surface area (Å²) in [4.78, 5) is 12.5. The van der Waals surface area contributed by atoms with Crippen LogP contribution in [-0.2, 0) is 5.41 Å². The lowest BCUT2D eigenvalue weighted by Crippen LogP contribution is -2.18. The molecule has 2 heterocycles. The Balaban J connectivity index is 2.48. The molecule has 2 aromatic rings. The number of carbonyl (C=O) groups excluding carboxylic acids is 1. The maximum Gasteiger partial charge on any atom is 0.253 e. The molecule has 0 aromatic carbocycles. The van der Waals surface area contributed by atoms with E-state index in [9.17, 15) is 15.0 Å². The van der Waals surface area contributed by atoms with Crippen molar-refractivity contribution in [3.8, 4) is 11.6 Å². The smallest absolute Gasteiger partial charge is 0.253 e. The molecule has 0 aliphatic rings. The number of aromatic nitrogens is 2. The largest absolute Gasteiger partial charge is 0.504 e. The van der Waals surface area contributed by atoms with Gasteiger partial charge in [0, 0.05) is 10.9 Å². The molecule has 8 nitrogen and oxygen atoms in total. The minimum absolute atomic E-state index is 0.0622. The first-order valence-electron chi connectivity index (χ1n) is 7.38. The quantitative estimate of drug-likeness (QED) is 0.725. The van der Waals surface area contributed by atoms with Crippen molar-refractivity contribution in [2.24, 2.45) is 16.0 Å². The molecule has 2 aromatic heterocycles. The lowest BCUT2D eigenvalue weighted by molar-refractivity contribution is 0.0999. The van der Waals surface area contributed by atoms with Gasteiger partial charge < -0.3 is 20.5 Å². The number of carbonyl (C=O) groups is 1. The van der Waals surface area contributed by atoms with Gasteiger partial charge >= 0.3 is 0 Å². The Morgan fingerprint density at radius 3 is 2.42 bits per heavy atom. The fourth-order valence-electron chi connectivity index (χ4n) is 2.16. The fourth-order valence-corrected chi connectivity index (χ4v) is 3.02. The van der Waals surface area contributed by atoms with Gasteiger partial charge in [0.2, 0.25) is 11.7 Å². The average Bonchev–Trinajstić information content (AvgIpc) is 2.98. The van der Waals surface area contributed by atoms with E-state index < -0.39 is 5.91 Å². The predicted molar refractivity (Wildman–Crippen MR) is 91.7 cm³/mol. The molecule has 2 rings (SSSR count). The second-order valence-electron chi connectivity index (χ2n) is 6.71. The van der Waals surface area contributed by atoms with Gasteiger partial charge in [-0.15, -0.1) is 10.2 Å². The first-order chi connectivity index (χ1) is 11.0. The molecule has 0 saturated heterocycles. The molecule has 0 fully saturated rings. The molecular weight excluding hydrogens is 330 g/mol. The first kappa shape index (κ1) is 17.9. The van der Waals surface area contributed by atoms with Crippen LogP contribution < -0.4 is 5.73 Å². The van der Waals surface area contributed by atoms with Crippen molar-refractivity contribution in [3.05, 3.63) is 16.6 Å². The van der Waals surface area contributed by atoms with E-state index in [1.165, 1.54) is 10.8 Å². The molecule has 0 saturated carbocycles. The van der Waals surface area contributed by atoms with Crippen LogP contribution in [0.2, 0.25) is 0 Å². The zero-order chi connectivity index (χ0) is 18.2. The molecule has 0 aliphatic heterocycles. The third-order valence-electron chi connectivity index (χ3n) is 3.36. The Bertz CT molecular complexity index is 799. The van der Waals surface area contributed by atoms with Gasteiger partial charge in [0.05, 0.1) is 6.20 Å². The number of hydrogen-bond acceptors (Lipinski definition) is 7. The molecule has 0 spiro atoms. The topological polar surface area (TPSA) is 126 Å². The molecular formula is C15H21N5O3S. The fraction of sp³-hybridized carbons (Fsp3) is 0.467. The minimum atomic E-state index is -0.643. The van der Waals surface area contributed by atoms with Crippen LogP contribution in [-0.4, -0.2) is 25.1 Å². The highest BCUT2D eigenvalue weighted by atomic mass is 32.1. The van der Waals surface area contributed by atoms with Crippen LogP contribution in [0.25, 0.3) is 0 Å². The number of nitrogens with zero attached hydrogens (tertiary/aromatic N) is 4. The normalized spacial score (nSPS) is 12.4. The Hall–Kier alpha value is -2.42. The number of nitrogens with two attached hydrogens (primary N) is 1. The van der Waals surface area contributed by atoms with Crippen LogP contribution >= 0.6 is 11.5 Å². The average molecular weight is 351 g/mol. The summed E-state index contributed by atoms with van der Waals surface area (Å²) in [5.41, 5.74) is 5.26. The highest BCUT2D eigenvalue weighted by Gasteiger charge is 2.27. The van der Waals surface area contributed by atoms with E-state index in [0.717, 1.165) is 11.5 Å². The Labute approximate surface area is 143 Å². The van der Waals surface area contributed by atoms with Crippen LogP contribution in [0.5, 0.6) is 11.6 Å². The van der Waals surface area contributed by atoms with E-state index in [-0.39, 0.29) is 40.2 Å². The van der Waals surface area contributed by atoms with Gasteiger partial charge in [-0.1, -0.05) is 20.8 Å². The van der Waals surface area contributed by atoms with Crippen LogP contribution in [0.3, 0.4) is 0 Å². The van der Waals surface area contributed by atoms with Gasteiger partial charge in [-0.25, -0.2) is 0 Å². The van der Waals surface area contributed by atoms with Crippen LogP contribution in [0.15, 0.2) is 16.4 Å². The molecule has 0 radical (unpaired) electrons. The maximum atomic E-state index is 11.8. The van der Waals surface area contributed by atoms with E-state index in [0.29, 0.717) is 4.88 Å². The SMILES string of the molecule is CC(C)n1cc(O)c(N=Nc2nsc(C(C)(C)C)c2C(N)=O)c1O. The lowest BCUT2D eigenvalue weighted by Gasteiger charge is -2.16. The van der Waals surface area contributed by atoms with E-state index in [2.05, 4.69) is 14.6 Å². The third kappa shape index (κ3) is 3.25. The van der Waals surface area contributed by atoms with Crippen molar-refractivity contribution in [3.63, 3.8) is 0 Å². The molecule has 130 valence electrons. The molecule has 4 N–H and O–H groups in total. The summed E-state index contributed by atoms with van der Waals surface area (Å²) in [6.07, 6.45) is 1.37. The summed E-state index contributed by atoms with van der Waals surface area (Å²) in [6, 6.07) is -0.0622. The van der Waals surface area contributed by atoms with E-state index in [1.54, 1.807) is 0 Å². The van der Waals surface area contributed by atoms with Crippen molar-refractivity contribution >= 4 is 28.9 Å². The highest BCUT2D eigenvalue weighted by Crippen LogP contribution is 2.41. The van der Waals surface area contributed by atoms with Crippen molar-refractivity contribution in [1.82, 2.24) is 8.94 Å². The molecule has 0 bridgehead atoms. The van der Waals surface area contributed by atoms with Crippen LogP contribution in [0.4, 0.5) is 11.5 Å². The molecule has 24 heavy (non-hydrogen) atoms. The third-order valence-corrected chi connectivity index (χ3v) is 4.63. The van der Waals surface area contributed by atoms with Crippen LogP contribution in [0, 0.1) is 0 Å². The summed E-state index contributed by atoms with van der Waals surface area (Å²) in [5, 5.41) is 27.8. The van der Waals surface area contributed by atoms with E-state index in [4.69, 9.17) is 5.73 Å². The molecule has 9 heteroatoms. The van der Waals surface area contributed by atoms with Gasteiger partial charge in [0.1, 0.15) is 5.56 Å². The second kappa shape index (κ2) is 6.23. The zero-order valence-electron chi connectivity index (χ0n) is 14.2. The zero-order valence-corrected chi connectivity index (χ0v) is 15.0. The summed E-state index contributed by atoms with van der Waals surface area (Å²) in [7, 11) is 0. The van der Waals surface area contributed by atoms with Gasteiger partial charge in [-0.2, -0.15) is 4.37 Å².